The highest BCUT2D eigenvalue weighted by molar-refractivity contribution is 8.00. The van der Waals surface area contributed by atoms with Gasteiger partial charge in [0.25, 0.3) is 0 Å². The van der Waals surface area contributed by atoms with Gasteiger partial charge in [-0.1, -0.05) is 6.07 Å². The standard InChI is InChI=1S/C11H13NO4S/c1-2-16-9(13)6-17-10-7(11(14)15)4-3-5-8(10)12/h3-5H,2,6,12H2,1H3,(H,14,15). The van der Waals surface area contributed by atoms with Crippen molar-refractivity contribution in [1.82, 2.24) is 0 Å². The third-order valence-corrected chi connectivity index (χ3v) is 3.04. The smallest absolute Gasteiger partial charge is 0.336 e. The predicted molar refractivity (Wildman–Crippen MR) is 65.2 cm³/mol. The van der Waals surface area contributed by atoms with E-state index in [4.69, 9.17) is 15.6 Å². The van der Waals surface area contributed by atoms with Crippen LogP contribution in [0.25, 0.3) is 0 Å². The number of carboxylic acid groups (broad SMARTS) is 1. The van der Waals surface area contributed by atoms with Crippen molar-refractivity contribution >= 4 is 29.4 Å². The minimum atomic E-state index is -1.07. The summed E-state index contributed by atoms with van der Waals surface area (Å²) in [5.41, 5.74) is 6.13. The fourth-order valence-electron chi connectivity index (χ4n) is 1.22. The van der Waals surface area contributed by atoms with Gasteiger partial charge < -0.3 is 15.6 Å². The highest BCUT2D eigenvalue weighted by atomic mass is 32.2. The molecule has 0 aliphatic rings. The summed E-state index contributed by atoms with van der Waals surface area (Å²) < 4.78 is 4.76. The summed E-state index contributed by atoms with van der Waals surface area (Å²) in [6.45, 7) is 2.01. The van der Waals surface area contributed by atoms with E-state index >= 15 is 0 Å². The minimum absolute atomic E-state index is 0.0440. The van der Waals surface area contributed by atoms with Crippen molar-refractivity contribution in [3.05, 3.63) is 23.8 Å². The molecule has 0 saturated carbocycles. The first-order chi connectivity index (χ1) is 8.06. The van der Waals surface area contributed by atoms with E-state index in [9.17, 15) is 9.59 Å². The third kappa shape index (κ3) is 3.67. The third-order valence-electron chi connectivity index (χ3n) is 1.92. The highest BCUT2D eigenvalue weighted by Gasteiger charge is 2.14. The van der Waals surface area contributed by atoms with E-state index in [1.54, 1.807) is 19.1 Å². The lowest BCUT2D eigenvalue weighted by Crippen LogP contribution is -2.08. The van der Waals surface area contributed by atoms with Crippen LogP contribution >= 0.6 is 11.8 Å². The molecule has 0 atom stereocenters. The number of aromatic carboxylic acids is 1. The molecule has 0 amide bonds. The van der Waals surface area contributed by atoms with Crippen molar-refractivity contribution in [3.8, 4) is 0 Å². The molecule has 0 aliphatic heterocycles. The Labute approximate surface area is 103 Å². The zero-order chi connectivity index (χ0) is 12.8. The van der Waals surface area contributed by atoms with Crippen molar-refractivity contribution in [2.45, 2.75) is 11.8 Å². The second kappa shape index (κ2) is 6.15. The molecular weight excluding hydrogens is 242 g/mol. The van der Waals surface area contributed by atoms with Crippen LogP contribution in [0.3, 0.4) is 0 Å². The number of benzene rings is 1. The Kier molecular flexibility index (Phi) is 4.84. The molecule has 3 N–H and O–H groups in total. The molecule has 0 heterocycles. The number of nitrogen functional groups attached to an aromatic ring is 1. The molecule has 0 unspecified atom stereocenters. The number of carbonyl (C=O) groups excluding carboxylic acids is 1. The average Bonchev–Trinajstić information content (AvgIpc) is 2.27. The maximum Gasteiger partial charge on any atom is 0.336 e. The summed E-state index contributed by atoms with van der Waals surface area (Å²) in [6.07, 6.45) is 0. The van der Waals surface area contributed by atoms with E-state index in [0.717, 1.165) is 11.8 Å². The van der Waals surface area contributed by atoms with Gasteiger partial charge >= 0.3 is 11.9 Å². The number of anilines is 1. The van der Waals surface area contributed by atoms with Gasteiger partial charge in [-0.05, 0) is 19.1 Å². The number of ether oxygens (including phenoxy) is 1. The first kappa shape index (κ1) is 13.4. The number of hydrogen-bond donors (Lipinski definition) is 2. The van der Waals surface area contributed by atoms with Crippen LogP contribution in [0.2, 0.25) is 0 Å². The fourth-order valence-corrected chi connectivity index (χ4v) is 2.11. The summed E-state index contributed by atoms with van der Waals surface area (Å²) in [7, 11) is 0. The highest BCUT2D eigenvalue weighted by Crippen LogP contribution is 2.29. The van der Waals surface area contributed by atoms with E-state index in [0.29, 0.717) is 17.2 Å². The molecular formula is C11H13NO4S. The minimum Gasteiger partial charge on any atom is -0.478 e. The maximum absolute atomic E-state index is 11.2. The van der Waals surface area contributed by atoms with Crippen LogP contribution in [0.15, 0.2) is 23.1 Å². The van der Waals surface area contributed by atoms with Crippen molar-refractivity contribution in [2.24, 2.45) is 0 Å². The van der Waals surface area contributed by atoms with Gasteiger partial charge in [0.1, 0.15) is 0 Å². The lowest BCUT2D eigenvalue weighted by Gasteiger charge is -2.08. The van der Waals surface area contributed by atoms with Gasteiger partial charge in [0, 0.05) is 10.6 Å². The fraction of sp³-hybridized carbons (Fsp3) is 0.273. The van der Waals surface area contributed by atoms with Crippen LogP contribution < -0.4 is 5.73 Å². The molecule has 92 valence electrons. The zero-order valence-electron chi connectivity index (χ0n) is 9.30. The molecule has 1 aromatic carbocycles. The first-order valence-corrected chi connectivity index (χ1v) is 5.95. The number of carboxylic acids is 1. The van der Waals surface area contributed by atoms with Crippen molar-refractivity contribution < 1.29 is 19.4 Å². The number of thioether (sulfide) groups is 1. The van der Waals surface area contributed by atoms with Gasteiger partial charge in [-0.25, -0.2) is 4.79 Å². The van der Waals surface area contributed by atoms with Gasteiger partial charge in [-0.2, -0.15) is 0 Å². The molecule has 1 aromatic rings. The molecule has 0 aliphatic carbocycles. The number of carbonyl (C=O) groups is 2. The monoisotopic (exact) mass is 255 g/mol. The van der Waals surface area contributed by atoms with Crippen molar-refractivity contribution in [1.29, 1.82) is 0 Å². The van der Waals surface area contributed by atoms with Gasteiger partial charge in [0.15, 0.2) is 0 Å². The number of esters is 1. The van der Waals surface area contributed by atoms with E-state index in [2.05, 4.69) is 0 Å². The number of nitrogens with two attached hydrogens (primary N) is 1. The van der Waals surface area contributed by atoms with E-state index in [1.165, 1.54) is 6.07 Å². The lowest BCUT2D eigenvalue weighted by atomic mass is 10.2. The Morgan fingerprint density at radius 3 is 2.76 bits per heavy atom. The molecule has 1 rings (SSSR count). The van der Waals surface area contributed by atoms with E-state index in [1.807, 2.05) is 0 Å². The predicted octanol–water partition coefficient (Wildman–Crippen LogP) is 1.62. The van der Waals surface area contributed by atoms with Gasteiger partial charge in [0.05, 0.1) is 17.9 Å². The second-order valence-corrected chi connectivity index (χ2v) is 4.11. The van der Waals surface area contributed by atoms with Crippen molar-refractivity contribution in [3.63, 3.8) is 0 Å². The quantitative estimate of drug-likeness (QED) is 0.472. The second-order valence-electron chi connectivity index (χ2n) is 3.12. The summed E-state index contributed by atoms with van der Waals surface area (Å²) in [5.74, 6) is -1.41. The summed E-state index contributed by atoms with van der Waals surface area (Å²) in [6, 6.07) is 4.61. The largest absolute Gasteiger partial charge is 0.478 e. The Balaban J connectivity index is 2.82. The molecule has 0 fully saturated rings. The van der Waals surface area contributed by atoms with Gasteiger partial charge in [-0.15, -0.1) is 11.8 Å². The van der Waals surface area contributed by atoms with Crippen LogP contribution in [0.1, 0.15) is 17.3 Å². The average molecular weight is 255 g/mol. The topological polar surface area (TPSA) is 89.6 Å². The lowest BCUT2D eigenvalue weighted by molar-refractivity contribution is -0.139. The van der Waals surface area contributed by atoms with Crippen LogP contribution in [0.5, 0.6) is 0 Å². The molecule has 5 nitrogen and oxygen atoms in total. The Morgan fingerprint density at radius 1 is 1.47 bits per heavy atom. The van der Waals surface area contributed by atoms with E-state index in [-0.39, 0.29) is 11.3 Å². The maximum atomic E-state index is 11.2. The first-order valence-electron chi connectivity index (χ1n) is 4.96. The summed E-state index contributed by atoms with van der Waals surface area (Å²) in [5, 5.41) is 8.97. The molecule has 0 saturated heterocycles. The Hall–Kier alpha value is -1.69. The van der Waals surface area contributed by atoms with Crippen LogP contribution in [-0.2, 0) is 9.53 Å². The molecule has 0 bridgehead atoms. The Bertz CT molecular complexity index is 433. The molecule has 0 radical (unpaired) electrons. The molecule has 0 aromatic heterocycles. The number of hydrogen-bond acceptors (Lipinski definition) is 5. The van der Waals surface area contributed by atoms with Gasteiger partial charge in [-0.3, -0.25) is 4.79 Å². The van der Waals surface area contributed by atoms with E-state index < -0.39 is 11.9 Å². The molecule has 6 heteroatoms. The summed E-state index contributed by atoms with van der Waals surface area (Å²) >= 11 is 1.07. The van der Waals surface area contributed by atoms with Crippen LogP contribution in [0, 0.1) is 0 Å². The normalized spacial score (nSPS) is 9.94. The number of rotatable bonds is 5. The SMILES string of the molecule is CCOC(=O)CSc1c(N)cccc1C(=O)O. The van der Waals surface area contributed by atoms with Crippen LogP contribution in [0.4, 0.5) is 5.69 Å². The summed E-state index contributed by atoms with van der Waals surface area (Å²) in [4.78, 5) is 22.5. The molecule has 0 spiro atoms. The molecule has 17 heavy (non-hydrogen) atoms. The Morgan fingerprint density at radius 2 is 2.18 bits per heavy atom. The van der Waals surface area contributed by atoms with Crippen LogP contribution in [-0.4, -0.2) is 29.4 Å². The zero-order valence-corrected chi connectivity index (χ0v) is 10.1. The van der Waals surface area contributed by atoms with Gasteiger partial charge in [0.2, 0.25) is 0 Å². The van der Waals surface area contributed by atoms with Crippen molar-refractivity contribution in [2.75, 3.05) is 18.1 Å².